The zero-order valence-electron chi connectivity index (χ0n) is 14.4. The fraction of sp³-hybridized carbons (Fsp3) is 0.688. The number of carbonyl (C=O) groups is 2. The van der Waals surface area contributed by atoms with Crippen LogP contribution in [-0.4, -0.2) is 53.7 Å². The standard InChI is InChI=1S/C16H27N5O2/c1-17-14(12-9-18-21(4)10-12)15(22)19-13-7-5-6-11(8-13)16(23)20(2)3/h9-11,13-14,17H,5-8H2,1-4H3,(H,19,22). The number of nitrogens with zero attached hydrogens (tertiary/aromatic N) is 3. The van der Waals surface area contributed by atoms with Crippen LogP contribution in [0.5, 0.6) is 0 Å². The van der Waals surface area contributed by atoms with Crippen LogP contribution in [0.15, 0.2) is 12.4 Å². The zero-order valence-corrected chi connectivity index (χ0v) is 14.4. The highest BCUT2D eigenvalue weighted by molar-refractivity contribution is 5.83. The highest BCUT2D eigenvalue weighted by Crippen LogP contribution is 2.26. The molecule has 7 heteroatoms. The Hall–Kier alpha value is -1.89. The lowest BCUT2D eigenvalue weighted by atomic mass is 9.84. The Bertz CT molecular complexity index is 554. The van der Waals surface area contributed by atoms with E-state index in [0.29, 0.717) is 6.42 Å². The molecule has 2 N–H and O–H groups in total. The number of rotatable bonds is 5. The van der Waals surface area contributed by atoms with Crippen molar-refractivity contribution in [3.63, 3.8) is 0 Å². The maximum absolute atomic E-state index is 12.6. The number of aryl methyl sites for hydroxylation is 1. The second-order valence-corrected chi connectivity index (χ2v) is 6.47. The van der Waals surface area contributed by atoms with Crippen LogP contribution >= 0.6 is 0 Å². The molecule has 23 heavy (non-hydrogen) atoms. The number of carbonyl (C=O) groups excluding carboxylic acids is 2. The van der Waals surface area contributed by atoms with Crippen LogP contribution < -0.4 is 10.6 Å². The summed E-state index contributed by atoms with van der Waals surface area (Å²) >= 11 is 0. The molecule has 1 aliphatic carbocycles. The normalized spacial score (nSPS) is 22.4. The lowest BCUT2D eigenvalue weighted by Gasteiger charge is -2.31. The maximum atomic E-state index is 12.6. The molecule has 3 unspecified atom stereocenters. The highest BCUT2D eigenvalue weighted by Gasteiger charge is 2.30. The van der Waals surface area contributed by atoms with Gasteiger partial charge in [-0.15, -0.1) is 0 Å². The van der Waals surface area contributed by atoms with Crippen molar-refractivity contribution in [2.75, 3.05) is 21.1 Å². The minimum absolute atomic E-state index is 0.00970. The maximum Gasteiger partial charge on any atom is 0.242 e. The Morgan fingerprint density at radius 3 is 2.70 bits per heavy atom. The summed E-state index contributed by atoms with van der Waals surface area (Å²) in [6, 6.07) is -0.369. The summed E-state index contributed by atoms with van der Waals surface area (Å²) < 4.78 is 1.68. The van der Waals surface area contributed by atoms with E-state index in [4.69, 9.17) is 0 Å². The molecule has 0 saturated heterocycles. The molecule has 0 aliphatic heterocycles. The van der Waals surface area contributed by atoms with Gasteiger partial charge in [-0.05, 0) is 26.3 Å². The number of hydrogen-bond acceptors (Lipinski definition) is 4. The van der Waals surface area contributed by atoms with Gasteiger partial charge in [-0.3, -0.25) is 14.3 Å². The minimum atomic E-state index is -0.423. The first-order valence-electron chi connectivity index (χ1n) is 8.09. The van der Waals surface area contributed by atoms with Crippen LogP contribution in [0.25, 0.3) is 0 Å². The Labute approximate surface area is 137 Å². The summed E-state index contributed by atoms with van der Waals surface area (Å²) in [5.74, 6) is 0.0975. The highest BCUT2D eigenvalue weighted by atomic mass is 16.2. The third-order valence-electron chi connectivity index (χ3n) is 4.42. The SMILES string of the molecule is CNC(C(=O)NC1CCCC(C(=O)N(C)C)C1)c1cnn(C)c1. The predicted octanol–water partition coefficient (Wildman–Crippen LogP) is 0.444. The molecule has 0 radical (unpaired) electrons. The summed E-state index contributed by atoms with van der Waals surface area (Å²) in [5.41, 5.74) is 0.837. The first-order chi connectivity index (χ1) is 10.9. The van der Waals surface area contributed by atoms with Crippen LogP contribution in [0.2, 0.25) is 0 Å². The van der Waals surface area contributed by atoms with Crippen molar-refractivity contribution in [2.45, 2.75) is 37.8 Å². The minimum Gasteiger partial charge on any atom is -0.352 e. The molecule has 1 aromatic heterocycles. The number of amides is 2. The second kappa shape index (κ2) is 7.59. The van der Waals surface area contributed by atoms with Crippen molar-refractivity contribution in [1.82, 2.24) is 25.3 Å². The van der Waals surface area contributed by atoms with Crippen molar-refractivity contribution in [3.8, 4) is 0 Å². The first kappa shape index (κ1) is 17.5. The van der Waals surface area contributed by atoms with E-state index < -0.39 is 6.04 Å². The molecule has 1 aliphatic rings. The lowest BCUT2D eigenvalue weighted by molar-refractivity contribution is -0.135. The predicted molar refractivity (Wildman–Crippen MR) is 87.6 cm³/mol. The van der Waals surface area contributed by atoms with Gasteiger partial charge in [0.2, 0.25) is 11.8 Å². The van der Waals surface area contributed by atoms with Gasteiger partial charge in [-0.25, -0.2) is 0 Å². The van der Waals surface area contributed by atoms with Crippen molar-refractivity contribution in [1.29, 1.82) is 0 Å². The van der Waals surface area contributed by atoms with Gasteiger partial charge in [0.25, 0.3) is 0 Å². The molecule has 0 aromatic carbocycles. The van der Waals surface area contributed by atoms with Crippen LogP contribution in [0, 0.1) is 5.92 Å². The average Bonchev–Trinajstić information content (AvgIpc) is 2.93. The largest absolute Gasteiger partial charge is 0.352 e. The quantitative estimate of drug-likeness (QED) is 0.825. The zero-order chi connectivity index (χ0) is 17.0. The van der Waals surface area contributed by atoms with Gasteiger partial charge in [0.05, 0.1) is 6.20 Å². The molecule has 1 saturated carbocycles. The van der Waals surface area contributed by atoms with Crippen molar-refractivity contribution < 1.29 is 9.59 Å². The fourth-order valence-electron chi connectivity index (χ4n) is 3.23. The summed E-state index contributed by atoms with van der Waals surface area (Å²) in [7, 11) is 7.15. The van der Waals surface area contributed by atoms with Gasteiger partial charge in [0, 0.05) is 44.9 Å². The summed E-state index contributed by atoms with van der Waals surface area (Å²) in [6.07, 6.45) is 7.03. The molecular weight excluding hydrogens is 294 g/mol. The number of hydrogen-bond donors (Lipinski definition) is 2. The van der Waals surface area contributed by atoms with Crippen LogP contribution in [-0.2, 0) is 16.6 Å². The molecule has 128 valence electrons. The molecule has 2 amide bonds. The monoisotopic (exact) mass is 321 g/mol. The number of likely N-dealkylation sites (N-methyl/N-ethyl adjacent to an activating group) is 1. The van der Waals surface area contributed by atoms with E-state index in [1.165, 1.54) is 0 Å². The summed E-state index contributed by atoms with van der Waals surface area (Å²) in [5, 5.41) is 10.2. The molecule has 7 nitrogen and oxygen atoms in total. The van der Waals surface area contributed by atoms with Gasteiger partial charge in [0.1, 0.15) is 6.04 Å². The molecule has 3 atom stereocenters. The Kier molecular flexibility index (Phi) is 5.76. The van der Waals surface area contributed by atoms with Crippen LogP contribution in [0.4, 0.5) is 0 Å². The summed E-state index contributed by atoms with van der Waals surface area (Å²) in [6.45, 7) is 0. The number of nitrogens with one attached hydrogen (secondary N) is 2. The Morgan fingerprint density at radius 1 is 1.39 bits per heavy atom. The van der Waals surface area contributed by atoms with E-state index in [1.54, 1.807) is 36.9 Å². The van der Waals surface area contributed by atoms with E-state index in [0.717, 1.165) is 24.8 Å². The second-order valence-electron chi connectivity index (χ2n) is 6.47. The van der Waals surface area contributed by atoms with E-state index in [1.807, 2.05) is 13.2 Å². The van der Waals surface area contributed by atoms with Crippen LogP contribution in [0.3, 0.4) is 0 Å². The van der Waals surface area contributed by atoms with Crippen molar-refractivity contribution in [3.05, 3.63) is 18.0 Å². The van der Waals surface area contributed by atoms with Crippen molar-refractivity contribution in [2.24, 2.45) is 13.0 Å². The van der Waals surface area contributed by atoms with Gasteiger partial charge in [-0.1, -0.05) is 6.42 Å². The first-order valence-corrected chi connectivity index (χ1v) is 8.09. The van der Waals surface area contributed by atoms with Gasteiger partial charge >= 0.3 is 0 Å². The van der Waals surface area contributed by atoms with E-state index in [-0.39, 0.29) is 23.8 Å². The smallest absolute Gasteiger partial charge is 0.242 e. The van der Waals surface area contributed by atoms with E-state index in [9.17, 15) is 9.59 Å². The Balaban J connectivity index is 1.97. The van der Waals surface area contributed by atoms with Crippen molar-refractivity contribution >= 4 is 11.8 Å². The van der Waals surface area contributed by atoms with E-state index >= 15 is 0 Å². The van der Waals surface area contributed by atoms with E-state index in [2.05, 4.69) is 15.7 Å². The molecule has 1 heterocycles. The molecule has 1 fully saturated rings. The average molecular weight is 321 g/mol. The fourth-order valence-corrected chi connectivity index (χ4v) is 3.23. The molecule has 1 aromatic rings. The summed E-state index contributed by atoms with van der Waals surface area (Å²) in [4.78, 5) is 26.3. The molecule has 0 spiro atoms. The van der Waals surface area contributed by atoms with Crippen LogP contribution in [0.1, 0.15) is 37.3 Å². The van der Waals surface area contributed by atoms with Gasteiger partial charge in [-0.2, -0.15) is 5.10 Å². The molecule has 0 bridgehead atoms. The number of aromatic nitrogens is 2. The Morgan fingerprint density at radius 2 is 2.13 bits per heavy atom. The topological polar surface area (TPSA) is 79.3 Å². The lowest BCUT2D eigenvalue weighted by Crippen LogP contribution is -2.45. The third kappa shape index (κ3) is 4.31. The van der Waals surface area contributed by atoms with Gasteiger partial charge in [0.15, 0.2) is 0 Å². The van der Waals surface area contributed by atoms with Gasteiger partial charge < -0.3 is 15.5 Å². The third-order valence-corrected chi connectivity index (χ3v) is 4.42. The molecular formula is C16H27N5O2. The molecule has 2 rings (SSSR count).